The number of para-hydroxylation sites is 1. The van der Waals surface area contributed by atoms with Crippen LogP contribution in [0.15, 0.2) is 36.4 Å². The summed E-state index contributed by atoms with van der Waals surface area (Å²) in [5.41, 5.74) is 8.45. The zero-order valence-corrected chi connectivity index (χ0v) is 9.87. The first kappa shape index (κ1) is 11.9. The minimum Gasteiger partial charge on any atom is -0.395 e. The van der Waals surface area contributed by atoms with E-state index in [4.69, 9.17) is 11.0 Å². The van der Waals surface area contributed by atoms with E-state index in [1.54, 1.807) is 24.3 Å². The van der Waals surface area contributed by atoms with Gasteiger partial charge in [0.1, 0.15) is 5.82 Å². The van der Waals surface area contributed by atoms with E-state index in [9.17, 15) is 4.39 Å². The number of rotatable bonds is 2. The maximum atomic E-state index is 13.3. The number of nitrogens with zero attached hydrogens (tertiary/aromatic N) is 1. The molecule has 0 amide bonds. The molecule has 0 heterocycles. The lowest BCUT2D eigenvalue weighted by atomic mass is 10.1. The summed E-state index contributed by atoms with van der Waals surface area (Å²) in [5.74, 6) is -0.464. The molecular formula is C14H12FN3. The number of nitrogens with two attached hydrogens (primary N) is 1. The lowest BCUT2D eigenvalue weighted by Gasteiger charge is -2.12. The molecule has 3 N–H and O–H groups in total. The molecule has 0 aliphatic heterocycles. The summed E-state index contributed by atoms with van der Waals surface area (Å²) >= 11 is 0. The molecule has 0 spiro atoms. The van der Waals surface area contributed by atoms with Crippen LogP contribution in [0.2, 0.25) is 0 Å². The van der Waals surface area contributed by atoms with Crippen LogP contribution in [0.5, 0.6) is 0 Å². The summed E-state index contributed by atoms with van der Waals surface area (Å²) < 4.78 is 13.3. The Morgan fingerprint density at radius 3 is 2.72 bits per heavy atom. The Balaban J connectivity index is 2.40. The fraction of sp³-hybridized carbons (Fsp3) is 0.0714. The average Bonchev–Trinajstić information content (AvgIpc) is 2.37. The Bertz CT molecular complexity index is 629. The van der Waals surface area contributed by atoms with Crippen LogP contribution in [0.3, 0.4) is 0 Å². The first-order chi connectivity index (χ1) is 8.61. The highest BCUT2D eigenvalue weighted by Crippen LogP contribution is 2.27. The second-order valence-corrected chi connectivity index (χ2v) is 3.97. The SMILES string of the molecule is Cc1ccc(C#N)cc1Nc1cccc(F)c1N. The summed E-state index contributed by atoms with van der Waals surface area (Å²) in [6, 6.07) is 11.9. The van der Waals surface area contributed by atoms with Gasteiger partial charge >= 0.3 is 0 Å². The maximum absolute atomic E-state index is 13.3. The molecule has 2 rings (SSSR count). The van der Waals surface area contributed by atoms with Gasteiger partial charge in [0, 0.05) is 5.69 Å². The van der Waals surface area contributed by atoms with Crippen molar-refractivity contribution >= 4 is 17.1 Å². The summed E-state index contributed by atoms with van der Waals surface area (Å²) in [4.78, 5) is 0. The highest BCUT2D eigenvalue weighted by Gasteiger charge is 2.06. The van der Waals surface area contributed by atoms with Gasteiger partial charge < -0.3 is 11.1 Å². The quantitative estimate of drug-likeness (QED) is 0.793. The van der Waals surface area contributed by atoms with E-state index in [-0.39, 0.29) is 5.69 Å². The van der Waals surface area contributed by atoms with Crippen LogP contribution >= 0.6 is 0 Å². The van der Waals surface area contributed by atoms with E-state index in [2.05, 4.69) is 11.4 Å². The van der Waals surface area contributed by atoms with Gasteiger partial charge in [-0.05, 0) is 36.8 Å². The van der Waals surface area contributed by atoms with Crippen LogP contribution in [-0.4, -0.2) is 0 Å². The van der Waals surface area contributed by atoms with Crippen molar-refractivity contribution < 1.29 is 4.39 Å². The molecule has 0 unspecified atom stereocenters. The lowest BCUT2D eigenvalue weighted by molar-refractivity contribution is 0.633. The Morgan fingerprint density at radius 2 is 2.00 bits per heavy atom. The summed E-state index contributed by atoms with van der Waals surface area (Å²) in [5, 5.41) is 11.9. The number of hydrogen-bond acceptors (Lipinski definition) is 3. The number of aryl methyl sites for hydroxylation is 1. The Kier molecular flexibility index (Phi) is 3.16. The third-order valence-corrected chi connectivity index (χ3v) is 2.69. The van der Waals surface area contributed by atoms with Crippen LogP contribution < -0.4 is 11.1 Å². The first-order valence-corrected chi connectivity index (χ1v) is 5.43. The summed E-state index contributed by atoms with van der Waals surface area (Å²) in [6.07, 6.45) is 0. The fourth-order valence-corrected chi connectivity index (χ4v) is 1.62. The van der Waals surface area contributed by atoms with Gasteiger partial charge in [-0.25, -0.2) is 4.39 Å². The highest BCUT2D eigenvalue weighted by molar-refractivity contribution is 5.74. The van der Waals surface area contributed by atoms with Gasteiger partial charge in [-0.1, -0.05) is 12.1 Å². The van der Waals surface area contributed by atoms with E-state index in [0.717, 1.165) is 11.3 Å². The monoisotopic (exact) mass is 241 g/mol. The lowest BCUT2D eigenvalue weighted by Crippen LogP contribution is -2.00. The van der Waals surface area contributed by atoms with Crippen LogP contribution in [0.1, 0.15) is 11.1 Å². The molecular weight excluding hydrogens is 229 g/mol. The zero-order valence-electron chi connectivity index (χ0n) is 9.87. The topological polar surface area (TPSA) is 61.8 Å². The van der Waals surface area contributed by atoms with Crippen LogP contribution in [0, 0.1) is 24.1 Å². The van der Waals surface area contributed by atoms with E-state index in [1.165, 1.54) is 6.07 Å². The molecule has 4 heteroatoms. The molecule has 2 aromatic carbocycles. The smallest absolute Gasteiger partial charge is 0.148 e. The standard InChI is InChI=1S/C14H12FN3/c1-9-5-6-10(8-16)7-13(9)18-12-4-2-3-11(15)14(12)17/h2-7,18H,17H2,1H3. The summed E-state index contributed by atoms with van der Waals surface area (Å²) in [6.45, 7) is 1.90. The number of nitrogens with one attached hydrogen (secondary N) is 1. The largest absolute Gasteiger partial charge is 0.395 e. The minimum atomic E-state index is -0.464. The van der Waals surface area contributed by atoms with E-state index in [0.29, 0.717) is 11.3 Å². The number of nitrogen functional groups attached to an aromatic ring is 1. The maximum Gasteiger partial charge on any atom is 0.148 e. The predicted octanol–water partition coefficient (Wildman–Crippen LogP) is 3.33. The van der Waals surface area contributed by atoms with Crippen molar-refractivity contribution in [2.24, 2.45) is 0 Å². The first-order valence-electron chi connectivity index (χ1n) is 5.43. The normalized spacial score (nSPS) is 9.83. The minimum absolute atomic E-state index is 0.0688. The van der Waals surface area contributed by atoms with Crippen molar-refractivity contribution in [1.82, 2.24) is 0 Å². The molecule has 0 saturated heterocycles. The molecule has 0 aromatic heterocycles. The molecule has 18 heavy (non-hydrogen) atoms. The number of benzene rings is 2. The van der Waals surface area contributed by atoms with Crippen LogP contribution in [0.4, 0.5) is 21.5 Å². The van der Waals surface area contributed by atoms with Crippen molar-refractivity contribution in [2.45, 2.75) is 6.92 Å². The predicted molar refractivity (Wildman–Crippen MR) is 70.0 cm³/mol. The van der Waals surface area contributed by atoms with Crippen molar-refractivity contribution in [3.05, 3.63) is 53.3 Å². The van der Waals surface area contributed by atoms with Gasteiger partial charge in [-0.3, -0.25) is 0 Å². The summed E-state index contributed by atoms with van der Waals surface area (Å²) in [7, 11) is 0. The fourth-order valence-electron chi connectivity index (χ4n) is 1.62. The molecule has 0 bridgehead atoms. The van der Waals surface area contributed by atoms with Gasteiger partial charge in [0.05, 0.1) is 23.0 Å². The number of nitriles is 1. The van der Waals surface area contributed by atoms with E-state index >= 15 is 0 Å². The third kappa shape index (κ3) is 2.25. The van der Waals surface area contributed by atoms with Gasteiger partial charge in [0.15, 0.2) is 0 Å². The molecule has 3 nitrogen and oxygen atoms in total. The Hall–Kier alpha value is -2.54. The highest BCUT2D eigenvalue weighted by atomic mass is 19.1. The Morgan fingerprint density at radius 1 is 1.22 bits per heavy atom. The van der Waals surface area contributed by atoms with Crippen molar-refractivity contribution in [3.63, 3.8) is 0 Å². The van der Waals surface area contributed by atoms with Crippen molar-refractivity contribution in [3.8, 4) is 6.07 Å². The third-order valence-electron chi connectivity index (χ3n) is 2.69. The van der Waals surface area contributed by atoms with Gasteiger partial charge in [0.2, 0.25) is 0 Å². The second kappa shape index (κ2) is 4.76. The van der Waals surface area contributed by atoms with Gasteiger partial charge in [-0.2, -0.15) is 5.26 Å². The molecule has 2 aromatic rings. The van der Waals surface area contributed by atoms with E-state index < -0.39 is 5.82 Å². The molecule has 0 fully saturated rings. The van der Waals surface area contributed by atoms with Gasteiger partial charge in [0.25, 0.3) is 0 Å². The molecule has 0 atom stereocenters. The second-order valence-electron chi connectivity index (χ2n) is 3.97. The van der Waals surface area contributed by atoms with Gasteiger partial charge in [-0.15, -0.1) is 0 Å². The Labute approximate surface area is 105 Å². The number of hydrogen-bond donors (Lipinski definition) is 2. The number of halogens is 1. The number of anilines is 3. The van der Waals surface area contributed by atoms with Crippen molar-refractivity contribution in [1.29, 1.82) is 5.26 Å². The molecule has 0 radical (unpaired) electrons. The van der Waals surface area contributed by atoms with Crippen molar-refractivity contribution in [2.75, 3.05) is 11.1 Å². The zero-order chi connectivity index (χ0) is 13.1. The van der Waals surface area contributed by atoms with Crippen LogP contribution in [0.25, 0.3) is 0 Å². The van der Waals surface area contributed by atoms with E-state index in [1.807, 2.05) is 13.0 Å². The molecule has 0 saturated carbocycles. The average molecular weight is 241 g/mol. The molecule has 0 aliphatic rings. The molecule has 90 valence electrons. The van der Waals surface area contributed by atoms with Crippen LogP contribution in [-0.2, 0) is 0 Å². The molecule has 0 aliphatic carbocycles.